The molecule has 230 valence electrons. The Hall–Kier alpha value is -4.36. The van der Waals surface area contributed by atoms with Crippen LogP contribution in [0, 0.1) is 11.6 Å². The van der Waals surface area contributed by atoms with Crippen molar-refractivity contribution in [2.45, 2.75) is 38.7 Å². The normalized spacial score (nSPS) is 14.1. The second-order valence-corrected chi connectivity index (χ2v) is 10.9. The van der Waals surface area contributed by atoms with Crippen molar-refractivity contribution in [1.29, 1.82) is 0 Å². The minimum atomic E-state index is -1.48. The number of primary amides is 1. The van der Waals surface area contributed by atoms with E-state index in [1.54, 1.807) is 19.3 Å². The van der Waals surface area contributed by atoms with Crippen LogP contribution >= 0.6 is 0 Å². The van der Waals surface area contributed by atoms with Crippen LogP contribution in [0.3, 0.4) is 0 Å². The number of hydrogen-bond donors (Lipinski definition) is 4. The number of likely N-dealkylation sites (tertiary alicyclic amines) is 1. The molecule has 2 heterocycles. The van der Waals surface area contributed by atoms with Crippen LogP contribution in [-0.2, 0) is 10.4 Å². The summed E-state index contributed by atoms with van der Waals surface area (Å²) in [4.78, 5) is 28.7. The fourth-order valence-corrected chi connectivity index (χ4v) is 4.90. The van der Waals surface area contributed by atoms with Gasteiger partial charge in [0.15, 0.2) is 11.6 Å². The van der Waals surface area contributed by atoms with Crippen molar-refractivity contribution in [1.82, 2.24) is 19.9 Å². The monoisotopic (exact) mass is 596 g/mol. The van der Waals surface area contributed by atoms with Gasteiger partial charge in [0.2, 0.25) is 17.8 Å². The number of halogens is 2. The Morgan fingerprint density at radius 3 is 2.37 bits per heavy atom. The number of hydrogen-bond acceptors (Lipinski definition) is 10. The molecule has 0 spiro atoms. The highest BCUT2D eigenvalue weighted by Crippen LogP contribution is 2.36. The largest absolute Gasteiger partial charge is 0.494 e. The van der Waals surface area contributed by atoms with Crippen LogP contribution in [-0.4, -0.2) is 71.2 Å². The summed E-state index contributed by atoms with van der Waals surface area (Å²) < 4.78 is 33.7. The molecule has 1 aromatic heterocycles. The number of aromatic nitrogens is 3. The maximum atomic E-state index is 14.1. The van der Waals surface area contributed by atoms with Gasteiger partial charge in [-0.3, -0.25) is 4.79 Å². The zero-order valence-corrected chi connectivity index (χ0v) is 24.8. The molecule has 0 unspecified atom stereocenters. The molecule has 1 fully saturated rings. The van der Waals surface area contributed by atoms with E-state index in [1.807, 2.05) is 13.1 Å². The van der Waals surface area contributed by atoms with Crippen LogP contribution in [0.15, 0.2) is 36.7 Å². The Balaban J connectivity index is 1.61. The van der Waals surface area contributed by atoms with Crippen molar-refractivity contribution >= 4 is 40.9 Å². The van der Waals surface area contributed by atoms with Crippen LogP contribution in [0.1, 0.15) is 44.2 Å². The van der Waals surface area contributed by atoms with Crippen molar-refractivity contribution in [2.24, 2.45) is 5.73 Å². The zero-order valence-electron chi connectivity index (χ0n) is 24.8. The molecule has 11 nitrogen and oxygen atoms in total. The number of amides is 1. The fourth-order valence-electron chi connectivity index (χ4n) is 4.90. The van der Waals surface area contributed by atoms with Crippen molar-refractivity contribution in [3.05, 3.63) is 59.4 Å². The number of anilines is 5. The molecule has 1 amide bonds. The molecule has 3 aromatic rings. The van der Waals surface area contributed by atoms with E-state index in [9.17, 15) is 18.7 Å². The van der Waals surface area contributed by atoms with Gasteiger partial charge in [0.25, 0.3) is 0 Å². The molecule has 0 radical (unpaired) electrons. The van der Waals surface area contributed by atoms with Gasteiger partial charge >= 0.3 is 0 Å². The maximum Gasteiger partial charge on any atom is 0.241 e. The van der Waals surface area contributed by atoms with Gasteiger partial charge in [-0.15, -0.1) is 0 Å². The number of ether oxygens (including phenoxy) is 1. The Kier molecular flexibility index (Phi) is 10.1. The summed E-state index contributed by atoms with van der Waals surface area (Å²) >= 11 is 0. The summed E-state index contributed by atoms with van der Waals surface area (Å²) in [7, 11) is 3.52. The van der Waals surface area contributed by atoms with Gasteiger partial charge in [0.05, 0.1) is 24.1 Å². The molecule has 0 atom stereocenters. The third kappa shape index (κ3) is 8.36. The van der Waals surface area contributed by atoms with E-state index in [4.69, 9.17) is 10.5 Å². The average molecular weight is 597 g/mol. The average Bonchev–Trinajstić information content (AvgIpc) is 2.96. The topological polar surface area (TPSA) is 142 Å². The number of nitrogens with two attached hydrogens (primary N) is 1. The lowest BCUT2D eigenvalue weighted by atomic mass is 9.96. The first-order valence-electron chi connectivity index (χ1n) is 14.0. The molecule has 1 saturated heterocycles. The van der Waals surface area contributed by atoms with Gasteiger partial charge in [-0.25, -0.2) is 18.7 Å². The number of rotatable bonds is 12. The molecule has 5 N–H and O–H groups in total. The van der Waals surface area contributed by atoms with E-state index in [0.717, 1.165) is 44.0 Å². The number of likely N-dealkylation sites (N-methyl/N-ethyl adjacent to an activating group) is 1. The van der Waals surface area contributed by atoms with E-state index >= 15 is 0 Å². The first-order valence-corrected chi connectivity index (χ1v) is 14.0. The van der Waals surface area contributed by atoms with Gasteiger partial charge < -0.3 is 36.0 Å². The third-order valence-corrected chi connectivity index (χ3v) is 7.17. The van der Waals surface area contributed by atoms with Crippen molar-refractivity contribution in [2.75, 3.05) is 55.9 Å². The number of aliphatic hydroxyl groups is 1. The van der Waals surface area contributed by atoms with Crippen LogP contribution in [0.5, 0.6) is 5.75 Å². The quantitative estimate of drug-likeness (QED) is 0.224. The number of methoxy groups -OCH3 is 1. The minimum Gasteiger partial charge on any atom is -0.494 e. The van der Waals surface area contributed by atoms with Gasteiger partial charge in [-0.2, -0.15) is 4.98 Å². The highest BCUT2D eigenvalue weighted by molar-refractivity contribution is 5.92. The van der Waals surface area contributed by atoms with Crippen molar-refractivity contribution in [3.63, 3.8) is 0 Å². The van der Waals surface area contributed by atoms with E-state index in [0.29, 0.717) is 17.0 Å². The fraction of sp³-hybridized carbons (Fsp3) is 0.400. The number of carbonyl (C=O) groups excluding carboxylic acids is 1. The van der Waals surface area contributed by atoms with Crippen LogP contribution < -0.4 is 26.0 Å². The number of benzene rings is 2. The molecule has 4 rings (SSSR count). The molecule has 0 saturated carbocycles. The number of nitrogens with one attached hydrogen (secondary N) is 2. The lowest BCUT2D eigenvalue weighted by molar-refractivity contribution is -0.113. The molecule has 43 heavy (non-hydrogen) atoms. The smallest absolute Gasteiger partial charge is 0.241 e. The molecule has 1 aliphatic heterocycles. The molecule has 1 aliphatic rings. The highest BCUT2D eigenvalue weighted by atomic mass is 19.2. The van der Waals surface area contributed by atoms with Crippen LogP contribution in [0.25, 0.3) is 6.08 Å². The number of carbonyl (C=O) groups is 1. The lowest BCUT2D eigenvalue weighted by Crippen LogP contribution is -2.36. The SMILES string of the molecule is COc1cc(N(C)CCN2CCCCC2)c(C=CC(N)=O)cc1Nc1ncnc(Nc2cc(F)c(F)cc2C(C)(C)O)n1. The van der Waals surface area contributed by atoms with Gasteiger partial charge in [0.1, 0.15) is 12.1 Å². The van der Waals surface area contributed by atoms with Gasteiger partial charge in [-0.05, 0) is 58.0 Å². The molecular weight excluding hydrogens is 558 g/mol. The van der Waals surface area contributed by atoms with E-state index < -0.39 is 23.1 Å². The maximum absolute atomic E-state index is 14.1. The van der Waals surface area contributed by atoms with Crippen molar-refractivity contribution in [3.8, 4) is 5.75 Å². The predicted octanol–water partition coefficient (Wildman–Crippen LogP) is 4.29. The second-order valence-electron chi connectivity index (χ2n) is 10.9. The zero-order chi connectivity index (χ0) is 31.1. The van der Waals surface area contributed by atoms with Gasteiger partial charge in [-0.1, -0.05) is 6.42 Å². The first kappa shape index (κ1) is 31.6. The number of piperidine rings is 1. The molecule has 0 bridgehead atoms. The Bertz CT molecular complexity index is 1470. The number of nitrogens with zero attached hydrogens (tertiary/aromatic N) is 5. The standard InChI is InChI=1S/C30H38F2N8O3/c1-30(2,42)20-15-21(31)22(32)16-23(20)36-28-34-18-35-29(38-28)37-24-14-19(8-9-27(33)41)25(17-26(24)43-4)39(3)12-13-40-10-6-5-7-11-40/h8-9,14-18,42H,5-7,10-13H2,1-4H3,(H2,33,41)(H2,34,35,36,37,38). The van der Waals surface area contributed by atoms with Crippen molar-refractivity contribution < 1.29 is 23.4 Å². The summed E-state index contributed by atoms with van der Waals surface area (Å²) in [6, 6.07) is 5.51. The summed E-state index contributed by atoms with van der Waals surface area (Å²) in [6.45, 7) is 6.77. The summed E-state index contributed by atoms with van der Waals surface area (Å²) in [5.41, 5.74) is 6.19. The Morgan fingerprint density at radius 2 is 1.74 bits per heavy atom. The molecule has 2 aromatic carbocycles. The lowest BCUT2D eigenvalue weighted by Gasteiger charge is -2.30. The Morgan fingerprint density at radius 1 is 1.09 bits per heavy atom. The van der Waals surface area contributed by atoms with Crippen LogP contribution in [0.4, 0.5) is 37.7 Å². The van der Waals surface area contributed by atoms with E-state index in [1.165, 1.54) is 45.5 Å². The van der Waals surface area contributed by atoms with Gasteiger partial charge in [0, 0.05) is 55.2 Å². The minimum absolute atomic E-state index is 0.0240. The highest BCUT2D eigenvalue weighted by Gasteiger charge is 2.24. The predicted molar refractivity (Wildman–Crippen MR) is 163 cm³/mol. The molecule has 13 heteroatoms. The Labute approximate surface area is 249 Å². The summed E-state index contributed by atoms with van der Waals surface area (Å²) in [5, 5.41) is 16.4. The van der Waals surface area contributed by atoms with Crippen LogP contribution in [0.2, 0.25) is 0 Å². The summed E-state index contributed by atoms with van der Waals surface area (Å²) in [6.07, 6.45) is 7.86. The van der Waals surface area contributed by atoms with E-state index in [2.05, 4.69) is 35.4 Å². The third-order valence-electron chi connectivity index (χ3n) is 7.17. The van der Waals surface area contributed by atoms with E-state index in [-0.39, 0.29) is 23.1 Å². The summed E-state index contributed by atoms with van der Waals surface area (Å²) in [5.74, 6) is -2.12. The molecular formula is C30H38F2N8O3. The first-order chi connectivity index (χ1) is 20.4. The second kappa shape index (κ2) is 13.7. The molecule has 0 aliphatic carbocycles.